The minimum absolute atomic E-state index is 0.0371. The first-order valence-electron chi connectivity index (χ1n) is 6.25. The average molecular weight is 279 g/mol. The first kappa shape index (κ1) is 14.3. The molecule has 0 bridgehead atoms. The summed E-state index contributed by atoms with van der Waals surface area (Å²) in [5.41, 5.74) is 0.365. The maximum Gasteiger partial charge on any atom is 0.326 e. The average Bonchev–Trinajstić information content (AvgIpc) is 2.80. The van der Waals surface area contributed by atoms with Crippen LogP contribution < -0.4 is 4.90 Å². The summed E-state index contributed by atoms with van der Waals surface area (Å²) < 4.78 is 0. The van der Waals surface area contributed by atoms with Crippen molar-refractivity contribution in [2.45, 2.75) is 18.6 Å². The molecule has 1 amide bonds. The number of aliphatic hydroxyl groups excluding tert-OH is 1. The Kier molecular flexibility index (Phi) is 3.89. The number of carboxylic acid groups (broad SMARTS) is 1. The Labute approximate surface area is 116 Å². The number of likely N-dealkylation sites (tertiary alicyclic amines) is 1. The van der Waals surface area contributed by atoms with Crippen LogP contribution >= 0.6 is 0 Å². The second kappa shape index (κ2) is 5.46. The van der Waals surface area contributed by atoms with Gasteiger partial charge in [0.2, 0.25) is 0 Å². The van der Waals surface area contributed by atoms with E-state index in [2.05, 4.69) is 4.98 Å². The lowest BCUT2D eigenvalue weighted by Crippen LogP contribution is -2.40. The number of hydrogen-bond donors (Lipinski definition) is 2. The number of β-amino-alcohol motifs (C(OH)–C–C–N with tert-alkyl or cyclic N) is 1. The van der Waals surface area contributed by atoms with Crippen molar-refractivity contribution in [3.05, 3.63) is 23.9 Å². The van der Waals surface area contributed by atoms with E-state index in [1.54, 1.807) is 31.1 Å². The fourth-order valence-corrected chi connectivity index (χ4v) is 2.23. The maximum absolute atomic E-state index is 12.4. The Morgan fingerprint density at radius 2 is 2.15 bits per heavy atom. The van der Waals surface area contributed by atoms with E-state index in [9.17, 15) is 14.7 Å². The predicted molar refractivity (Wildman–Crippen MR) is 71.6 cm³/mol. The van der Waals surface area contributed by atoms with Gasteiger partial charge in [-0.2, -0.15) is 0 Å². The molecule has 1 aromatic heterocycles. The third kappa shape index (κ3) is 2.72. The number of aliphatic carboxylic acids is 1. The number of hydrogen-bond acceptors (Lipinski definition) is 5. The van der Waals surface area contributed by atoms with Crippen molar-refractivity contribution in [2.75, 3.05) is 25.5 Å². The van der Waals surface area contributed by atoms with Gasteiger partial charge in [-0.05, 0) is 12.1 Å². The number of carboxylic acids is 1. The molecule has 0 aliphatic carbocycles. The minimum atomic E-state index is -1.10. The number of carbonyl (C=O) groups excluding carboxylic acids is 1. The number of carbonyl (C=O) groups is 2. The van der Waals surface area contributed by atoms with Gasteiger partial charge in [0.1, 0.15) is 11.9 Å². The van der Waals surface area contributed by atoms with Gasteiger partial charge in [0.25, 0.3) is 5.91 Å². The van der Waals surface area contributed by atoms with Crippen LogP contribution in [0.4, 0.5) is 5.82 Å². The molecule has 0 saturated carbocycles. The van der Waals surface area contributed by atoms with Gasteiger partial charge in [-0.25, -0.2) is 9.78 Å². The summed E-state index contributed by atoms with van der Waals surface area (Å²) in [6.45, 7) is 0.0371. The van der Waals surface area contributed by atoms with Crippen LogP contribution in [0.3, 0.4) is 0 Å². The van der Waals surface area contributed by atoms with Gasteiger partial charge in [0.05, 0.1) is 6.10 Å². The first-order chi connectivity index (χ1) is 9.40. The lowest BCUT2D eigenvalue weighted by Gasteiger charge is -2.21. The molecule has 0 aromatic carbocycles. The van der Waals surface area contributed by atoms with E-state index in [-0.39, 0.29) is 13.0 Å². The number of pyridine rings is 1. The van der Waals surface area contributed by atoms with Crippen LogP contribution in [0.25, 0.3) is 0 Å². The third-order valence-corrected chi connectivity index (χ3v) is 3.28. The van der Waals surface area contributed by atoms with Crippen LogP contribution in [0, 0.1) is 0 Å². The van der Waals surface area contributed by atoms with Gasteiger partial charge in [0, 0.05) is 38.8 Å². The largest absolute Gasteiger partial charge is 0.480 e. The van der Waals surface area contributed by atoms with Crippen LogP contribution in [0.2, 0.25) is 0 Å². The van der Waals surface area contributed by atoms with Crippen LogP contribution in [0.5, 0.6) is 0 Å². The molecule has 108 valence electrons. The predicted octanol–water partition coefficient (Wildman–Crippen LogP) is -0.192. The number of aromatic nitrogens is 1. The summed E-state index contributed by atoms with van der Waals surface area (Å²) in [7, 11) is 3.60. The molecule has 1 aromatic rings. The zero-order chi connectivity index (χ0) is 14.9. The minimum Gasteiger partial charge on any atom is -0.480 e. The quantitative estimate of drug-likeness (QED) is 0.796. The maximum atomic E-state index is 12.4. The van der Waals surface area contributed by atoms with Crippen LogP contribution in [-0.4, -0.2) is 64.8 Å². The SMILES string of the molecule is CN(C)c1cc(C(=O)N2C[C@H](O)C[C@H]2C(=O)O)ccn1. The fourth-order valence-electron chi connectivity index (χ4n) is 2.23. The van der Waals surface area contributed by atoms with Crippen molar-refractivity contribution in [1.29, 1.82) is 0 Å². The Morgan fingerprint density at radius 3 is 2.75 bits per heavy atom. The van der Waals surface area contributed by atoms with Gasteiger partial charge >= 0.3 is 5.97 Å². The monoisotopic (exact) mass is 279 g/mol. The summed E-state index contributed by atoms with van der Waals surface area (Å²) in [5.74, 6) is -0.890. The highest BCUT2D eigenvalue weighted by molar-refractivity contribution is 5.97. The fraction of sp³-hybridized carbons (Fsp3) is 0.462. The molecule has 7 nitrogen and oxygen atoms in total. The molecular weight excluding hydrogens is 262 g/mol. The highest BCUT2D eigenvalue weighted by atomic mass is 16.4. The Balaban J connectivity index is 2.26. The lowest BCUT2D eigenvalue weighted by atomic mass is 10.2. The van der Waals surface area contributed by atoms with Crippen molar-refractivity contribution >= 4 is 17.7 Å². The summed E-state index contributed by atoms with van der Waals surface area (Å²) in [5, 5.41) is 18.7. The van der Waals surface area contributed by atoms with E-state index >= 15 is 0 Å². The number of anilines is 1. The molecule has 2 heterocycles. The van der Waals surface area contributed by atoms with E-state index in [1.807, 2.05) is 0 Å². The molecule has 2 N–H and O–H groups in total. The van der Waals surface area contributed by atoms with E-state index < -0.39 is 24.0 Å². The molecular formula is C13H17N3O4. The number of nitrogens with zero attached hydrogens (tertiary/aromatic N) is 3. The smallest absolute Gasteiger partial charge is 0.326 e. The Hall–Kier alpha value is -2.15. The highest BCUT2D eigenvalue weighted by Crippen LogP contribution is 2.22. The van der Waals surface area contributed by atoms with Gasteiger partial charge in [-0.15, -0.1) is 0 Å². The third-order valence-electron chi connectivity index (χ3n) is 3.28. The van der Waals surface area contributed by atoms with E-state index in [0.717, 1.165) is 0 Å². The second-order valence-corrected chi connectivity index (χ2v) is 5.00. The van der Waals surface area contributed by atoms with Crippen LogP contribution in [0.15, 0.2) is 18.3 Å². The molecule has 0 unspecified atom stereocenters. The van der Waals surface area contributed by atoms with Crippen molar-refractivity contribution in [1.82, 2.24) is 9.88 Å². The molecule has 1 aliphatic heterocycles. The van der Waals surface area contributed by atoms with Gasteiger partial charge in [-0.3, -0.25) is 4.79 Å². The molecule has 2 atom stereocenters. The Morgan fingerprint density at radius 1 is 1.45 bits per heavy atom. The van der Waals surface area contributed by atoms with E-state index in [4.69, 9.17) is 5.11 Å². The summed E-state index contributed by atoms with van der Waals surface area (Å²) >= 11 is 0. The summed E-state index contributed by atoms with van der Waals surface area (Å²) in [6.07, 6.45) is 0.771. The van der Waals surface area contributed by atoms with Crippen molar-refractivity contribution in [3.8, 4) is 0 Å². The highest BCUT2D eigenvalue weighted by Gasteiger charge is 2.39. The molecule has 7 heteroatoms. The standard InChI is InChI=1S/C13H17N3O4/c1-15(2)11-5-8(3-4-14-11)12(18)16-7-9(17)6-10(16)13(19)20/h3-5,9-10,17H,6-7H2,1-2H3,(H,19,20)/t9-,10+/m1/s1. The zero-order valence-corrected chi connectivity index (χ0v) is 11.4. The van der Waals surface area contributed by atoms with E-state index in [0.29, 0.717) is 11.4 Å². The summed E-state index contributed by atoms with van der Waals surface area (Å²) in [6, 6.07) is 2.17. The second-order valence-electron chi connectivity index (χ2n) is 5.00. The van der Waals surface area contributed by atoms with Crippen molar-refractivity contribution in [3.63, 3.8) is 0 Å². The van der Waals surface area contributed by atoms with Gasteiger partial charge < -0.3 is 20.0 Å². The molecule has 1 saturated heterocycles. The first-order valence-corrected chi connectivity index (χ1v) is 6.25. The summed E-state index contributed by atoms with van der Waals surface area (Å²) in [4.78, 5) is 30.6. The topological polar surface area (TPSA) is 94.0 Å². The zero-order valence-electron chi connectivity index (χ0n) is 11.4. The molecule has 1 aliphatic rings. The molecule has 2 rings (SSSR count). The number of rotatable bonds is 3. The molecule has 0 radical (unpaired) electrons. The van der Waals surface area contributed by atoms with Crippen molar-refractivity contribution < 1.29 is 19.8 Å². The van der Waals surface area contributed by atoms with Gasteiger partial charge in [-0.1, -0.05) is 0 Å². The normalized spacial score (nSPS) is 21.9. The number of amides is 1. The van der Waals surface area contributed by atoms with Crippen LogP contribution in [-0.2, 0) is 4.79 Å². The van der Waals surface area contributed by atoms with Crippen molar-refractivity contribution in [2.24, 2.45) is 0 Å². The lowest BCUT2D eigenvalue weighted by molar-refractivity contribution is -0.141. The number of aliphatic hydroxyl groups is 1. The van der Waals surface area contributed by atoms with Gasteiger partial charge in [0.15, 0.2) is 0 Å². The Bertz CT molecular complexity index is 532. The molecule has 1 fully saturated rings. The molecule has 20 heavy (non-hydrogen) atoms. The molecule has 0 spiro atoms. The van der Waals surface area contributed by atoms with Crippen LogP contribution in [0.1, 0.15) is 16.8 Å². The van der Waals surface area contributed by atoms with E-state index in [1.165, 1.54) is 11.1 Å².